The van der Waals surface area contributed by atoms with Gasteiger partial charge in [0.15, 0.2) is 11.5 Å². The number of aromatic nitrogens is 1. The van der Waals surface area contributed by atoms with Gasteiger partial charge in [-0.25, -0.2) is 0 Å². The summed E-state index contributed by atoms with van der Waals surface area (Å²) in [5, 5.41) is 0. The molecule has 0 amide bonds. The molecule has 0 aliphatic rings. The zero-order valence-electron chi connectivity index (χ0n) is 16.2. The highest BCUT2D eigenvalue weighted by molar-refractivity contribution is 7.85. The lowest BCUT2D eigenvalue weighted by Crippen LogP contribution is -2.15. The summed E-state index contributed by atoms with van der Waals surface area (Å²) < 4.78 is 17.7. The van der Waals surface area contributed by atoms with E-state index < -0.39 is 10.8 Å². The van der Waals surface area contributed by atoms with Gasteiger partial charge in [-0.3, -0.25) is 13.8 Å². The number of carbonyl (C=O) groups excluding carboxylic acids is 1. The lowest BCUT2D eigenvalue weighted by Gasteiger charge is -2.07. The monoisotopic (exact) mass is 409 g/mol. The van der Waals surface area contributed by atoms with E-state index in [9.17, 15) is 13.8 Å². The minimum atomic E-state index is -1.42. The largest absolute Gasteiger partial charge is 0.488 e. The second-order valence-electron chi connectivity index (χ2n) is 6.63. The summed E-state index contributed by atoms with van der Waals surface area (Å²) in [5.74, 6) is 0.0712. The van der Waals surface area contributed by atoms with Gasteiger partial charge < -0.3 is 9.72 Å². The van der Waals surface area contributed by atoms with Crippen LogP contribution in [0.3, 0.4) is 0 Å². The maximum Gasteiger partial charge on any atom is 0.223 e. The summed E-state index contributed by atoms with van der Waals surface area (Å²) in [4.78, 5) is 27.4. The second kappa shape index (κ2) is 9.98. The molecule has 150 valence electrons. The number of Topliss-reactive ketones (excluding diaryl/α,β-unsaturated/α-hetero) is 1. The third-order valence-electron chi connectivity index (χ3n) is 4.32. The van der Waals surface area contributed by atoms with Crippen molar-refractivity contribution in [1.29, 1.82) is 0 Å². The molecule has 0 saturated heterocycles. The smallest absolute Gasteiger partial charge is 0.223 e. The first-order chi connectivity index (χ1) is 14.1. The van der Waals surface area contributed by atoms with Crippen molar-refractivity contribution in [1.82, 2.24) is 4.98 Å². The Kier molecular flexibility index (Phi) is 7.14. The maximum absolute atomic E-state index is 12.4. The number of ether oxygens (including phenoxy) is 1. The van der Waals surface area contributed by atoms with Crippen LogP contribution in [0.1, 0.15) is 29.4 Å². The minimum Gasteiger partial charge on any atom is -0.488 e. The van der Waals surface area contributed by atoms with Crippen LogP contribution in [0.4, 0.5) is 0 Å². The van der Waals surface area contributed by atoms with Crippen LogP contribution in [0.15, 0.2) is 71.7 Å². The Labute approximate surface area is 172 Å². The Morgan fingerprint density at radius 2 is 1.72 bits per heavy atom. The molecule has 29 heavy (non-hydrogen) atoms. The summed E-state index contributed by atoms with van der Waals surface area (Å²) in [6, 6.07) is 18.5. The highest BCUT2D eigenvalue weighted by Crippen LogP contribution is 2.19. The maximum atomic E-state index is 12.4. The van der Waals surface area contributed by atoms with Crippen molar-refractivity contribution < 1.29 is 13.7 Å². The SMILES string of the molecule is CCCOc1c[nH]c(CS(=O)CC(=O)c2ccc(-c3ccccc3)cc2)cc1=O. The summed E-state index contributed by atoms with van der Waals surface area (Å²) in [7, 11) is -1.42. The number of H-pyrrole nitrogens is 1. The van der Waals surface area contributed by atoms with Crippen molar-refractivity contribution in [3.8, 4) is 16.9 Å². The molecule has 1 atom stereocenters. The molecule has 2 aromatic carbocycles. The van der Waals surface area contributed by atoms with E-state index in [0.717, 1.165) is 17.5 Å². The second-order valence-corrected chi connectivity index (χ2v) is 8.09. The van der Waals surface area contributed by atoms with Gasteiger partial charge >= 0.3 is 0 Å². The molecule has 3 rings (SSSR count). The number of hydrogen-bond donors (Lipinski definition) is 1. The van der Waals surface area contributed by atoms with Crippen molar-refractivity contribution in [2.45, 2.75) is 19.1 Å². The highest BCUT2D eigenvalue weighted by atomic mass is 32.2. The number of pyridine rings is 1. The van der Waals surface area contributed by atoms with Crippen LogP contribution in [-0.4, -0.2) is 27.3 Å². The molecule has 0 saturated carbocycles. The van der Waals surface area contributed by atoms with Crippen LogP contribution < -0.4 is 10.2 Å². The third kappa shape index (κ3) is 5.74. The van der Waals surface area contributed by atoms with Gasteiger partial charge in [0.2, 0.25) is 5.43 Å². The van der Waals surface area contributed by atoms with Gasteiger partial charge in [0, 0.05) is 34.3 Å². The molecule has 0 fully saturated rings. The van der Waals surface area contributed by atoms with Crippen LogP contribution >= 0.6 is 0 Å². The Balaban J connectivity index is 1.60. The Morgan fingerprint density at radius 3 is 2.38 bits per heavy atom. The van der Waals surface area contributed by atoms with E-state index in [1.54, 1.807) is 12.1 Å². The molecule has 1 N–H and O–H groups in total. The molecule has 0 aliphatic carbocycles. The molecular formula is C23H23NO4S. The topological polar surface area (TPSA) is 76.2 Å². The molecule has 0 bridgehead atoms. The van der Waals surface area contributed by atoms with Gasteiger partial charge in [0.25, 0.3) is 0 Å². The molecule has 6 heteroatoms. The number of aromatic amines is 1. The minimum absolute atomic E-state index is 0.0964. The molecule has 0 spiro atoms. The predicted molar refractivity (Wildman–Crippen MR) is 116 cm³/mol. The van der Waals surface area contributed by atoms with E-state index >= 15 is 0 Å². The molecule has 0 radical (unpaired) electrons. The Morgan fingerprint density at radius 1 is 1.03 bits per heavy atom. The van der Waals surface area contributed by atoms with Gasteiger partial charge in [0.05, 0.1) is 18.1 Å². The number of benzene rings is 2. The average molecular weight is 410 g/mol. The molecule has 0 aliphatic heterocycles. The van der Waals surface area contributed by atoms with Gasteiger partial charge in [0.1, 0.15) is 0 Å². The standard InChI is InChI=1S/C23H23NO4S/c1-2-12-28-23-14-24-20(13-21(23)25)15-29(27)16-22(26)19-10-8-18(9-11-19)17-6-4-3-5-7-17/h3-11,13-14H,2,12,15-16H2,1H3,(H,24,25). The van der Waals surface area contributed by atoms with Crippen LogP contribution in [-0.2, 0) is 16.6 Å². The first kappa shape index (κ1) is 20.7. The molecule has 1 unspecified atom stereocenters. The van der Waals surface area contributed by atoms with Crippen LogP contribution in [0, 0.1) is 0 Å². The van der Waals surface area contributed by atoms with Gasteiger partial charge in [-0.2, -0.15) is 0 Å². The first-order valence-corrected chi connectivity index (χ1v) is 10.9. The highest BCUT2D eigenvalue weighted by Gasteiger charge is 2.13. The molecular weight excluding hydrogens is 386 g/mol. The number of carbonyl (C=O) groups is 1. The fraction of sp³-hybridized carbons (Fsp3) is 0.217. The van der Waals surface area contributed by atoms with Crippen LogP contribution in [0.5, 0.6) is 5.75 Å². The van der Waals surface area contributed by atoms with E-state index in [-0.39, 0.29) is 28.5 Å². The zero-order valence-corrected chi connectivity index (χ0v) is 17.0. The normalized spacial score (nSPS) is 11.8. The van der Waals surface area contributed by atoms with Crippen molar-refractivity contribution in [3.05, 3.63) is 88.3 Å². The van der Waals surface area contributed by atoms with Crippen LogP contribution in [0.25, 0.3) is 11.1 Å². The van der Waals surface area contributed by atoms with Crippen molar-refractivity contribution in [2.24, 2.45) is 0 Å². The van der Waals surface area contributed by atoms with Crippen LogP contribution in [0.2, 0.25) is 0 Å². The lowest BCUT2D eigenvalue weighted by molar-refractivity contribution is 0.102. The summed E-state index contributed by atoms with van der Waals surface area (Å²) in [5.41, 5.74) is 2.88. The Bertz CT molecular complexity index is 1040. The number of rotatable bonds is 9. The zero-order chi connectivity index (χ0) is 20.6. The molecule has 1 aromatic heterocycles. The molecule has 1 heterocycles. The van der Waals surface area contributed by atoms with E-state index in [0.29, 0.717) is 17.9 Å². The van der Waals surface area contributed by atoms with E-state index in [1.165, 1.54) is 12.3 Å². The van der Waals surface area contributed by atoms with Gasteiger partial charge in [-0.05, 0) is 17.5 Å². The Hall–Kier alpha value is -2.99. The lowest BCUT2D eigenvalue weighted by atomic mass is 10.0. The van der Waals surface area contributed by atoms with E-state index in [4.69, 9.17) is 4.74 Å². The fourth-order valence-corrected chi connectivity index (χ4v) is 3.92. The van der Waals surface area contributed by atoms with Crippen molar-refractivity contribution in [2.75, 3.05) is 12.4 Å². The summed E-state index contributed by atoms with van der Waals surface area (Å²) >= 11 is 0. The van der Waals surface area contributed by atoms with Gasteiger partial charge in [-0.1, -0.05) is 61.5 Å². The number of nitrogens with one attached hydrogen (secondary N) is 1. The number of hydrogen-bond acceptors (Lipinski definition) is 4. The fourth-order valence-electron chi connectivity index (χ4n) is 2.84. The predicted octanol–water partition coefficient (Wildman–Crippen LogP) is 3.96. The quantitative estimate of drug-likeness (QED) is 0.543. The average Bonchev–Trinajstić information content (AvgIpc) is 2.74. The summed E-state index contributed by atoms with van der Waals surface area (Å²) in [6.45, 7) is 2.42. The molecule has 5 nitrogen and oxygen atoms in total. The van der Waals surface area contributed by atoms with E-state index in [2.05, 4.69) is 4.98 Å². The van der Waals surface area contributed by atoms with E-state index in [1.807, 2.05) is 49.4 Å². The third-order valence-corrected chi connectivity index (χ3v) is 5.54. The van der Waals surface area contributed by atoms with Gasteiger partial charge in [-0.15, -0.1) is 0 Å². The number of ketones is 1. The first-order valence-electron chi connectivity index (χ1n) is 9.45. The summed E-state index contributed by atoms with van der Waals surface area (Å²) in [6.07, 6.45) is 2.29. The van der Waals surface area contributed by atoms with Crippen molar-refractivity contribution in [3.63, 3.8) is 0 Å². The molecule has 3 aromatic rings. The van der Waals surface area contributed by atoms with Crippen molar-refractivity contribution >= 4 is 16.6 Å².